The number of amides is 3. The number of nitrogens with one attached hydrogen (secondary N) is 1. The lowest BCUT2D eigenvalue weighted by Crippen LogP contribution is -2.56. The van der Waals surface area contributed by atoms with Crippen LogP contribution in [0.2, 0.25) is 0 Å². The van der Waals surface area contributed by atoms with Crippen LogP contribution in [-0.4, -0.2) is 88.1 Å². The fraction of sp³-hybridized carbons (Fsp3) is 0.448. The number of esters is 1. The maximum Gasteiger partial charge on any atom is 0.409 e. The molecule has 2 aromatic rings. The Balaban J connectivity index is 1.79. The molecule has 0 bridgehead atoms. The van der Waals surface area contributed by atoms with E-state index in [0.29, 0.717) is 24.6 Å². The Morgan fingerprint density at radius 3 is 2.30 bits per heavy atom. The molecule has 11 heteroatoms. The van der Waals surface area contributed by atoms with Crippen LogP contribution in [0.15, 0.2) is 43.0 Å². The maximum atomic E-state index is 13.6. The van der Waals surface area contributed by atoms with Gasteiger partial charge in [-0.25, -0.2) is 14.8 Å². The molecule has 1 saturated heterocycles. The molecule has 214 valence electrons. The van der Waals surface area contributed by atoms with Gasteiger partial charge in [-0.1, -0.05) is 36.9 Å². The molecular formula is C29H37N5O6. The molecule has 0 spiro atoms. The van der Waals surface area contributed by atoms with Gasteiger partial charge in [0.15, 0.2) is 5.82 Å². The van der Waals surface area contributed by atoms with Crippen molar-refractivity contribution in [1.82, 2.24) is 25.1 Å². The van der Waals surface area contributed by atoms with Gasteiger partial charge in [-0.3, -0.25) is 14.4 Å². The maximum absolute atomic E-state index is 13.6. The standard InChI is InChI=1S/C29H37N5O6/c1-6-21-19-23(31-25(30-21)20-11-9-8-10-12-20)26(36)32-22(13-14-24(35)40-29(3,4)5)27(37)33-15-17-34(18-16-33)28(38)39-7-2/h6,8-12,19,22H,1,7,13-18H2,2-5H3,(H,32,36). The van der Waals surface area contributed by atoms with Gasteiger partial charge in [0.2, 0.25) is 5.91 Å². The van der Waals surface area contributed by atoms with Crippen LogP contribution >= 0.6 is 0 Å². The largest absolute Gasteiger partial charge is 0.460 e. The first-order valence-corrected chi connectivity index (χ1v) is 13.3. The van der Waals surface area contributed by atoms with E-state index in [1.807, 2.05) is 30.3 Å². The van der Waals surface area contributed by atoms with Crippen molar-refractivity contribution in [2.75, 3.05) is 32.8 Å². The monoisotopic (exact) mass is 551 g/mol. The van der Waals surface area contributed by atoms with E-state index in [9.17, 15) is 19.2 Å². The van der Waals surface area contributed by atoms with E-state index in [1.54, 1.807) is 32.6 Å². The smallest absolute Gasteiger partial charge is 0.409 e. The van der Waals surface area contributed by atoms with Crippen molar-refractivity contribution >= 4 is 30.0 Å². The van der Waals surface area contributed by atoms with Crippen LogP contribution in [0, 0.1) is 0 Å². The topological polar surface area (TPSA) is 131 Å². The summed E-state index contributed by atoms with van der Waals surface area (Å²) in [5.74, 6) is -1.08. The molecule has 1 aliphatic rings. The predicted molar refractivity (Wildman–Crippen MR) is 149 cm³/mol. The van der Waals surface area contributed by atoms with Crippen molar-refractivity contribution in [2.45, 2.75) is 52.2 Å². The van der Waals surface area contributed by atoms with Crippen LogP contribution in [0.4, 0.5) is 4.79 Å². The molecule has 1 fully saturated rings. The Bertz CT molecular complexity index is 1220. The van der Waals surface area contributed by atoms with Crippen LogP contribution < -0.4 is 5.32 Å². The molecule has 40 heavy (non-hydrogen) atoms. The average molecular weight is 552 g/mol. The van der Waals surface area contributed by atoms with Gasteiger partial charge < -0.3 is 24.6 Å². The Kier molecular flexibility index (Phi) is 10.4. The molecule has 1 N–H and O–H groups in total. The van der Waals surface area contributed by atoms with Crippen molar-refractivity contribution in [1.29, 1.82) is 0 Å². The van der Waals surface area contributed by atoms with Gasteiger partial charge in [-0.15, -0.1) is 0 Å². The summed E-state index contributed by atoms with van der Waals surface area (Å²) in [4.78, 5) is 63.4. The summed E-state index contributed by atoms with van der Waals surface area (Å²) < 4.78 is 10.4. The van der Waals surface area contributed by atoms with E-state index in [2.05, 4.69) is 21.9 Å². The normalized spacial score (nSPS) is 14.2. The van der Waals surface area contributed by atoms with Crippen molar-refractivity contribution in [3.8, 4) is 11.4 Å². The van der Waals surface area contributed by atoms with E-state index in [4.69, 9.17) is 9.47 Å². The molecule has 0 radical (unpaired) electrons. The number of hydrogen-bond acceptors (Lipinski definition) is 8. The van der Waals surface area contributed by atoms with Crippen LogP contribution in [0.5, 0.6) is 0 Å². The van der Waals surface area contributed by atoms with E-state index >= 15 is 0 Å². The lowest BCUT2D eigenvalue weighted by molar-refractivity contribution is -0.155. The zero-order valence-electron chi connectivity index (χ0n) is 23.5. The molecule has 1 atom stereocenters. The number of hydrogen-bond donors (Lipinski definition) is 1. The van der Waals surface area contributed by atoms with E-state index < -0.39 is 29.6 Å². The number of ether oxygens (including phenoxy) is 2. The Labute approximate surface area is 234 Å². The second-order valence-corrected chi connectivity index (χ2v) is 10.2. The molecule has 3 amide bonds. The van der Waals surface area contributed by atoms with E-state index in [1.165, 1.54) is 17.0 Å². The second-order valence-electron chi connectivity index (χ2n) is 10.2. The zero-order chi connectivity index (χ0) is 29.3. The number of carbonyl (C=O) groups excluding carboxylic acids is 4. The second kappa shape index (κ2) is 13.7. The van der Waals surface area contributed by atoms with Crippen LogP contribution in [-0.2, 0) is 19.1 Å². The number of benzene rings is 1. The van der Waals surface area contributed by atoms with Gasteiger partial charge in [0, 0.05) is 38.2 Å². The Hall–Kier alpha value is -4.28. The summed E-state index contributed by atoms with van der Waals surface area (Å²) in [6, 6.07) is 9.67. The summed E-state index contributed by atoms with van der Waals surface area (Å²) in [5, 5.41) is 2.77. The van der Waals surface area contributed by atoms with Crippen LogP contribution in [0.1, 0.15) is 56.7 Å². The summed E-state index contributed by atoms with van der Waals surface area (Å²) in [5.41, 5.74) is 0.549. The Morgan fingerprint density at radius 1 is 1.05 bits per heavy atom. The summed E-state index contributed by atoms with van der Waals surface area (Å²) in [7, 11) is 0. The number of nitrogens with zero attached hydrogens (tertiary/aromatic N) is 4. The lowest BCUT2D eigenvalue weighted by Gasteiger charge is -2.36. The zero-order valence-corrected chi connectivity index (χ0v) is 23.5. The fourth-order valence-electron chi connectivity index (χ4n) is 4.09. The quantitative estimate of drug-likeness (QED) is 0.470. The van der Waals surface area contributed by atoms with Crippen LogP contribution in [0.3, 0.4) is 0 Å². The molecule has 3 rings (SSSR count). The third-order valence-electron chi connectivity index (χ3n) is 6.00. The molecule has 0 saturated carbocycles. The minimum absolute atomic E-state index is 0.0303. The molecule has 2 heterocycles. The third kappa shape index (κ3) is 8.62. The molecular weight excluding hydrogens is 514 g/mol. The highest BCUT2D eigenvalue weighted by molar-refractivity contribution is 5.97. The summed E-state index contributed by atoms with van der Waals surface area (Å²) >= 11 is 0. The Morgan fingerprint density at radius 2 is 1.70 bits per heavy atom. The first-order chi connectivity index (χ1) is 19.0. The number of carbonyl (C=O) groups is 4. The highest BCUT2D eigenvalue weighted by atomic mass is 16.6. The molecule has 1 unspecified atom stereocenters. The molecule has 0 aliphatic carbocycles. The third-order valence-corrected chi connectivity index (χ3v) is 6.00. The lowest BCUT2D eigenvalue weighted by atomic mass is 10.1. The minimum atomic E-state index is -1.02. The molecule has 1 aliphatic heterocycles. The number of aromatic nitrogens is 2. The van der Waals surface area contributed by atoms with Gasteiger partial charge >= 0.3 is 12.1 Å². The van der Waals surface area contributed by atoms with Crippen molar-refractivity contribution < 1.29 is 28.7 Å². The van der Waals surface area contributed by atoms with Gasteiger partial charge in [0.1, 0.15) is 17.3 Å². The predicted octanol–water partition coefficient (Wildman–Crippen LogP) is 3.31. The van der Waals surface area contributed by atoms with Crippen molar-refractivity contribution in [3.05, 3.63) is 54.4 Å². The van der Waals surface area contributed by atoms with Gasteiger partial charge in [0.05, 0.1) is 12.3 Å². The van der Waals surface area contributed by atoms with Gasteiger partial charge in [-0.2, -0.15) is 0 Å². The average Bonchev–Trinajstić information content (AvgIpc) is 2.94. The van der Waals surface area contributed by atoms with E-state index in [0.717, 1.165) is 5.56 Å². The number of piperazine rings is 1. The summed E-state index contributed by atoms with van der Waals surface area (Å²) in [6.07, 6.45) is 1.04. The molecule has 1 aromatic carbocycles. The molecule has 1 aromatic heterocycles. The van der Waals surface area contributed by atoms with Crippen LogP contribution in [0.25, 0.3) is 17.5 Å². The highest BCUT2D eigenvalue weighted by Crippen LogP contribution is 2.17. The SMILES string of the molecule is C=Cc1cc(C(=O)NC(CCC(=O)OC(C)(C)C)C(=O)N2CCN(C(=O)OCC)CC2)nc(-c2ccccc2)n1. The molecule has 11 nitrogen and oxygen atoms in total. The minimum Gasteiger partial charge on any atom is -0.460 e. The first-order valence-electron chi connectivity index (χ1n) is 13.3. The first kappa shape index (κ1) is 30.3. The van der Waals surface area contributed by atoms with E-state index in [-0.39, 0.29) is 44.1 Å². The number of rotatable bonds is 9. The van der Waals surface area contributed by atoms with Crippen molar-refractivity contribution in [3.63, 3.8) is 0 Å². The highest BCUT2D eigenvalue weighted by Gasteiger charge is 2.32. The summed E-state index contributed by atoms with van der Waals surface area (Å²) in [6.45, 7) is 12.2. The fourth-order valence-corrected chi connectivity index (χ4v) is 4.09. The van der Waals surface area contributed by atoms with Crippen molar-refractivity contribution in [2.24, 2.45) is 0 Å². The van der Waals surface area contributed by atoms with Gasteiger partial charge in [0.25, 0.3) is 5.91 Å². The van der Waals surface area contributed by atoms with Gasteiger partial charge in [-0.05, 0) is 46.3 Å².